The molecule has 0 unspecified atom stereocenters. The minimum absolute atomic E-state index is 0.224. The Kier molecular flexibility index (Phi) is 6.21. The highest BCUT2D eigenvalue weighted by Crippen LogP contribution is 2.39. The van der Waals surface area contributed by atoms with Gasteiger partial charge in [0.25, 0.3) is 0 Å². The Balaban J connectivity index is 2.75. The van der Waals surface area contributed by atoms with E-state index in [2.05, 4.69) is 67.3 Å². The molecule has 0 aromatic rings. The lowest BCUT2D eigenvalue weighted by atomic mass is 9.77. The first-order valence-electron chi connectivity index (χ1n) is 8.63. The molecule has 3 nitrogen and oxygen atoms in total. The SMILES string of the molecule is CC=C=C(CCO[Si](C)(C)C(C)(C)C)B1OC(C)(C)C(C)(C)O1. The van der Waals surface area contributed by atoms with Crippen LogP contribution in [0, 0.1) is 0 Å². The maximum absolute atomic E-state index is 6.29. The van der Waals surface area contributed by atoms with Crippen molar-refractivity contribution in [3.8, 4) is 0 Å². The normalized spacial score (nSPS) is 20.3. The van der Waals surface area contributed by atoms with Crippen LogP contribution in [0.5, 0.6) is 0 Å². The molecule has 0 radical (unpaired) electrons. The minimum Gasteiger partial charge on any atom is -0.417 e. The van der Waals surface area contributed by atoms with Crippen molar-refractivity contribution in [1.29, 1.82) is 0 Å². The van der Waals surface area contributed by atoms with E-state index in [1.807, 2.05) is 13.0 Å². The van der Waals surface area contributed by atoms with Crippen LogP contribution in [-0.4, -0.2) is 33.2 Å². The van der Waals surface area contributed by atoms with Gasteiger partial charge < -0.3 is 13.7 Å². The van der Waals surface area contributed by atoms with Crippen molar-refractivity contribution in [2.24, 2.45) is 0 Å². The van der Waals surface area contributed by atoms with E-state index in [0.717, 1.165) is 11.9 Å². The van der Waals surface area contributed by atoms with Crippen LogP contribution in [0.4, 0.5) is 0 Å². The molecule has 1 heterocycles. The van der Waals surface area contributed by atoms with Crippen LogP contribution in [-0.2, 0) is 13.7 Å². The Bertz CT molecular complexity index is 467. The molecule has 0 aromatic heterocycles. The summed E-state index contributed by atoms with van der Waals surface area (Å²) in [7, 11) is -2.06. The first-order chi connectivity index (χ1) is 10.2. The number of hydrogen-bond donors (Lipinski definition) is 0. The van der Waals surface area contributed by atoms with E-state index in [1.54, 1.807) is 0 Å². The summed E-state index contributed by atoms with van der Waals surface area (Å²) in [4.78, 5) is 0. The molecule has 0 N–H and O–H groups in total. The third kappa shape index (κ3) is 4.83. The zero-order valence-electron chi connectivity index (χ0n) is 16.8. The fraction of sp³-hybridized carbons (Fsp3) is 0.833. The molecule has 0 bridgehead atoms. The zero-order valence-corrected chi connectivity index (χ0v) is 17.8. The summed E-state index contributed by atoms with van der Waals surface area (Å²) >= 11 is 0. The van der Waals surface area contributed by atoms with Crippen molar-refractivity contribution >= 4 is 15.4 Å². The van der Waals surface area contributed by atoms with Crippen molar-refractivity contribution in [3.05, 3.63) is 17.3 Å². The van der Waals surface area contributed by atoms with Gasteiger partial charge in [-0.1, -0.05) is 20.8 Å². The molecule has 0 spiro atoms. The lowest BCUT2D eigenvalue weighted by Gasteiger charge is -2.36. The second-order valence-corrected chi connectivity index (χ2v) is 13.7. The lowest BCUT2D eigenvalue weighted by Crippen LogP contribution is -2.41. The van der Waals surface area contributed by atoms with Crippen LogP contribution < -0.4 is 0 Å². The van der Waals surface area contributed by atoms with E-state index in [0.29, 0.717) is 6.61 Å². The first-order valence-corrected chi connectivity index (χ1v) is 11.5. The number of rotatable bonds is 5. The predicted molar refractivity (Wildman–Crippen MR) is 101 cm³/mol. The van der Waals surface area contributed by atoms with E-state index in [1.165, 1.54) is 0 Å². The van der Waals surface area contributed by atoms with E-state index in [9.17, 15) is 0 Å². The molecule has 132 valence electrons. The Hall–Kier alpha value is -0.318. The molecule has 23 heavy (non-hydrogen) atoms. The van der Waals surface area contributed by atoms with Crippen LogP contribution >= 0.6 is 0 Å². The highest BCUT2D eigenvalue weighted by molar-refractivity contribution is 6.74. The van der Waals surface area contributed by atoms with Gasteiger partial charge in [-0.25, -0.2) is 0 Å². The molecule has 0 amide bonds. The third-order valence-electron chi connectivity index (χ3n) is 5.51. The van der Waals surface area contributed by atoms with Gasteiger partial charge in [-0.05, 0) is 65.2 Å². The number of hydrogen-bond acceptors (Lipinski definition) is 3. The van der Waals surface area contributed by atoms with Crippen molar-refractivity contribution in [1.82, 2.24) is 0 Å². The Labute approximate surface area is 144 Å². The standard InChI is InChI=1S/C18H35BO3Si/c1-11-12-15(13-14-20-23(9,10)16(2,3)4)19-21-17(5,6)18(7,8)22-19/h11H,13-14H2,1-10H3. The summed E-state index contributed by atoms with van der Waals surface area (Å²) in [6, 6.07) is 0. The second-order valence-electron chi connectivity index (χ2n) is 8.91. The van der Waals surface area contributed by atoms with Gasteiger partial charge in [0.05, 0.1) is 11.2 Å². The van der Waals surface area contributed by atoms with Crippen molar-refractivity contribution < 1.29 is 13.7 Å². The van der Waals surface area contributed by atoms with Crippen LogP contribution in [0.3, 0.4) is 0 Å². The van der Waals surface area contributed by atoms with Crippen LogP contribution in [0.2, 0.25) is 18.1 Å². The van der Waals surface area contributed by atoms with Gasteiger partial charge in [0, 0.05) is 12.1 Å². The summed E-state index contributed by atoms with van der Waals surface area (Å²) < 4.78 is 18.6. The summed E-state index contributed by atoms with van der Waals surface area (Å²) in [5.74, 6) is 0. The smallest absolute Gasteiger partial charge is 0.417 e. The Morgan fingerprint density at radius 1 is 1.13 bits per heavy atom. The van der Waals surface area contributed by atoms with Gasteiger partial charge in [0.2, 0.25) is 0 Å². The van der Waals surface area contributed by atoms with Gasteiger partial charge >= 0.3 is 7.12 Å². The van der Waals surface area contributed by atoms with Crippen LogP contribution in [0.1, 0.15) is 61.8 Å². The van der Waals surface area contributed by atoms with Gasteiger partial charge in [-0.15, -0.1) is 5.73 Å². The molecule has 1 fully saturated rings. The third-order valence-corrected chi connectivity index (χ3v) is 10.0. The molecule has 0 saturated carbocycles. The molecule has 1 rings (SSSR count). The van der Waals surface area contributed by atoms with Gasteiger partial charge in [0.15, 0.2) is 8.32 Å². The zero-order chi connectivity index (χ0) is 18.1. The highest BCUT2D eigenvalue weighted by atomic mass is 28.4. The second kappa shape index (κ2) is 6.89. The molecule has 0 aromatic carbocycles. The van der Waals surface area contributed by atoms with Crippen LogP contribution in [0.25, 0.3) is 0 Å². The summed E-state index contributed by atoms with van der Waals surface area (Å²) in [5.41, 5.74) is 3.69. The molecule has 5 heteroatoms. The highest BCUT2D eigenvalue weighted by Gasteiger charge is 2.52. The average Bonchev–Trinajstić information content (AvgIpc) is 2.55. The Morgan fingerprint density at radius 3 is 2.00 bits per heavy atom. The summed E-state index contributed by atoms with van der Waals surface area (Å²) in [6.45, 7) is 22.3. The van der Waals surface area contributed by atoms with Crippen LogP contribution in [0.15, 0.2) is 17.3 Å². The fourth-order valence-corrected chi connectivity index (χ4v) is 3.11. The molecule has 1 saturated heterocycles. The summed E-state index contributed by atoms with van der Waals surface area (Å²) in [5, 5.41) is 0.224. The molecule has 0 aliphatic carbocycles. The predicted octanol–water partition coefficient (Wildman–Crippen LogP) is 5.13. The molecular weight excluding hydrogens is 303 g/mol. The largest absolute Gasteiger partial charge is 0.498 e. The quantitative estimate of drug-likeness (QED) is 0.514. The molecule has 1 aliphatic rings. The lowest BCUT2D eigenvalue weighted by molar-refractivity contribution is 0.00578. The summed E-state index contributed by atoms with van der Waals surface area (Å²) in [6.07, 6.45) is 2.71. The topological polar surface area (TPSA) is 27.7 Å². The average molecular weight is 338 g/mol. The fourth-order valence-electron chi connectivity index (χ4n) is 2.06. The van der Waals surface area contributed by atoms with Crippen molar-refractivity contribution in [3.63, 3.8) is 0 Å². The van der Waals surface area contributed by atoms with Gasteiger partial charge in [0.1, 0.15) is 0 Å². The van der Waals surface area contributed by atoms with E-state index < -0.39 is 8.32 Å². The van der Waals surface area contributed by atoms with Crippen molar-refractivity contribution in [2.45, 2.75) is 91.1 Å². The van der Waals surface area contributed by atoms with E-state index >= 15 is 0 Å². The molecule has 1 aliphatic heterocycles. The maximum Gasteiger partial charge on any atom is 0.498 e. The Morgan fingerprint density at radius 2 is 1.61 bits per heavy atom. The van der Waals surface area contributed by atoms with Gasteiger partial charge in [-0.3, -0.25) is 0 Å². The van der Waals surface area contributed by atoms with Crippen molar-refractivity contribution in [2.75, 3.05) is 6.61 Å². The van der Waals surface area contributed by atoms with Gasteiger partial charge in [-0.2, -0.15) is 0 Å². The minimum atomic E-state index is -1.72. The maximum atomic E-state index is 6.29. The first kappa shape index (κ1) is 20.7. The monoisotopic (exact) mass is 338 g/mol. The van der Waals surface area contributed by atoms with E-state index in [4.69, 9.17) is 13.7 Å². The molecular formula is C18H35BO3Si. The molecule has 0 atom stereocenters. The van der Waals surface area contributed by atoms with E-state index in [-0.39, 0.29) is 23.4 Å².